The lowest BCUT2D eigenvalue weighted by atomic mass is 10.1. The molecule has 0 atom stereocenters. The Labute approximate surface area is 189 Å². The molecular formula is C24H23N7S. The lowest BCUT2D eigenvalue weighted by Crippen LogP contribution is -2.29. The molecule has 32 heavy (non-hydrogen) atoms. The molecule has 1 fully saturated rings. The van der Waals surface area contributed by atoms with E-state index in [0.717, 1.165) is 63.4 Å². The largest absolute Gasteiger partial charge is 0.383 e. The predicted molar refractivity (Wildman–Crippen MR) is 129 cm³/mol. The summed E-state index contributed by atoms with van der Waals surface area (Å²) in [5.41, 5.74) is 12.5. The molecule has 0 radical (unpaired) electrons. The number of aromatic amines is 1. The molecule has 7 nitrogen and oxygen atoms in total. The summed E-state index contributed by atoms with van der Waals surface area (Å²) >= 11 is 1.65. The molecule has 1 saturated heterocycles. The fraction of sp³-hybridized carbons (Fsp3) is 0.208. The highest BCUT2D eigenvalue weighted by atomic mass is 32.1. The van der Waals surface area contributed by atoms with Gasteiger partial charge in [0.05, 0.1) is 28.0 Å². The summed E-state index contributed by atoms with van der Waals surface area (Å²) in [6.07, 6.45) is 12.0. The Morgan fingerprint density at radius 1 is 1.03 bits per heavy atom. The average molecular weight is 442 g/mol. The van der Waals surface area contributed by atoms with Crippen molar-refractivity contribution in [1.82, 2.24) is 30.0 Å². The first-order valence-electron chi connectivity index (χ1n) is 10.8. The summed E-state index contributed by atoms with van der Waals surface area (Å²) in [6.45, 7) is 2.07. The van der Waals surface area contributed by atoms with Gasteiger partial charge in [-0.1, -0.05) is 12.1 Å². The van der Waals surface area contributed by atoms with Crippen LogP contribution in [0.15, 0.2) is 61.3 Å². The molecule has 0 spiro atoms. The highest BCUT2D eigenvalue weighted by Crippen LogP contribution is 2.39. The van der Waals surface area contributed by atoms with Crippen LogP contribution in [0.3, 0.4) is 0 Å². The van der Waals surface area contributed by atoms with Crippen LogP contribution in [0.1, 0.15) is 18.9 Å². The lowest BCUT2D eigenvalue weighted by Gasteiger charge is -2.22. The molecule has 5 aromatic rings. The number of benzene rings is 1. The second-order valence-electron chi connectivity index (χ2n) is 8.12. The molecule has 1 aromatic carbocycles. The summed E-state index contributed by atoms with van der Waals surface area (Å²) < 4.78 is 3.23. The van der Waals surface area contributed by atoms with Crippen molar-refractivity contribution >= 4 is 27.4 Å². The van der Waals surface area contributed by atoms with Crippen LogP contribution in [0.4, 0.5) is 5.82 Å². The number of nitrogen functional groups attached to an aromatic ring is 1. The van der Waals surface area contributed by atoms with Gasteiger partial charge in [0.1, 0.15) is 10.8 Å². The molecule has 0 aliphatic carbocycles. The van der Waals surface area contributed by atoms with Gasteiger partial charge >= 0.3 is 0 Å². The molecule has 160 valence electrons. The van der Waals surface area contributed by atoms with E-state index >= 15 is 0 Å². The third-order valence-corrected chi connectivity index (χ3v) is 7.23. The Hall–Kier alpha value is -3.49. The monoisotopic (exact) mass is 441 g/mol. The smallest absolute Gasteiger partial charge is 0.133 e. The molecule has 0 bridgehead atoms. The van der Waals surface area contributed by atoms with Crippen molar-refractivity contribution in [2.45, 2.75) is 18.9 Å². The number of thiazole rings is 1. The van der Waals surface area contributed by atoms with Crippen LogP contribution >= 0.6 is 11.3 Å². The van der Waals surface area contributed by atoms with Crippen molar-refractivity contribution in [3.63, 3.8) is 0 Å². The summed E-state index contributed by atoms with van der Waals surface area (Å²) in [6, 6.07) is 10.8. The third-order valence-electron chi connectivity index (χ3n) is 6.09. The van der Waals surface area contributed by atoms with Crippen molar-refractivity contribution in [1.29, 1.82) is 0 Å². The fourth-order valence-corrected chi connectivity index (χ4v) is 5.47. The van der Waals surface area contributed by atoms with Crippen molar-refractivity contribution in [3.05, 3.63) is 61.3 Å². The number of piperidine rings is 1. The molecule has 0 unspecified atom stereocenters. The van der Waals surface area contributed by atoms with E-state index < -0.39 is 0 Å². The molecule has 6 rings (SSSR count). The Bertz CT molecular complexity index is 1380. The summed E-state index contributed by atoms with van der Waals surface area (Å²) in [5.74, 6) is 0.488. The minimum absolute atomic E-state index is 0.447. The van der Waals surface area contributed by atoms with E-state index in [2.05, 4.69) is 49.5 Å². The van der Waals surface area contributed by atoms with Crippen LogP contribution in [-0.2, 0) is 0 Å². The highest BCUT2D eigenvalue weighted by molar-refractivity contribution is 7.22. The van der Waals surface area contributed by atoms with E-state index in [9.17, 15) is 0 Å². The zero-order valence-electron chi connectivity index (χ0n) is 17.5. The number of rotatable bonds is 4. The van der Waals surface area contributed by atoms with Gasteiger partial charge in [0.2, 0.25) is 0 Å². The van der Waals surface area contributed by atoms with Crippen LogP contribution in [0.25, 0.3) is 43.0 Å². The quantitative estimate of drug-likeness (QED) is 0.375. The van der Waals surface area contributed by atoms with Crippen LogP contribution < -0.4 is 11.1 Å². The van der Waals surface area contributed by atoms with E-state index in [-0.39, 0.29) is 0 Å². The van der Waals surface area contributed by atoms with Crippen molar-refractivity contribution < 1.29 is 0 Å². The second kappa shape index (κ2) is 7.89. The van der Waals surface area contributed by atoms with Gasteiger partial charge in [-0.05, 0) is 44.1 Å². The minimum Gasteiger partial charge on any atom is -0.383 e. The van der Waals surface area contributed by atoms with E-state index in [1.165, 1.54) is 5.56 Å². The van der Waals surface area contributed by atoms with Gasteiger partial charge in [0, 0.05) is 47.0 Å². The first kappa shape index (κ1) is 19.2. The molecule has 0 amide bonds. The second-order valence-corrected chi connectivity index (χ2v) is 9.12. The van der Waals surface area contributed by atoms with Crippen LogP contribution in [0.5, 0.6) is 0 Å². The summed E-state index contributed by atoms with van der Waals surface area (Å²) in [5, 5.41) is 8.91. The standard InChI is InChI=1S/C24H23N7S/c25-23-20(24-30-21-3-1-2-19(22(21)32-24)15-4-7-27-11-15)10-16(12-28-23)17-13-29-31(14-17)18-5-8-26-9-6-18/h1-4,7,10-14,18,26-27H,5-6,8-9H2,(H2,25,28). The van der Waals surface area contributed by atoms with Gasteiger partial charge in [-0.2, -0.15) is 5.10 Å². The highest BCUT2D eigenvalue weighted by Gasteiger charge is 2.18. The van der Waals surface area contributed by atoms with Gasteiger partial charge in [0.15, 0.2) is 0 Å². The van der Waals surface area contributed by atoms with E-state index in [1.807, 2.05) is 36.9 Å². The first-order chi connectivity index (χ1) is 15.8. The number of nitrogens with zero attached hydrogens (tertiary/aromatic N) is 4. The maximum atomic E-state index is 6.30. The number of anilines is 1. The molecular weight excluding hydrogens is 418 g/mol. The van der Waals surface area contributed by atoms with Crippen LogP contribution in [0.2, 0.25) is 0 Å². The molecule has 0 saturated carbocycles. The molecule has 1 aliphatic rings. The van der Waals surface area contributed by atoms with Gasteiger partial charge in [-0.25, -0.2) is 9.97 Å². The Balaban J connectivity index is 1.39. The van der Waals surface area contributed by atoms with Crippen molar-refractivity contribution in [3.8, 4) is 32.8 Å². The van der Waals surface area contributed by atoms with E-state index in [4.69, 9.17) is 10.7 Å². The normalized spacial score (nSPS) is 14.9. The SMILES string of the molecule is Nc1ncc(-c2cnn(C3CCNCC3)c2)cc1-c1nc2cccc(-c3cc[nH]c3)c2s1. The Morgan fingerprint density at radius 3 is 2.78 bits per heavy atom. The van der Waals surface area contributed by atoms with Crippen molar-refractivity contribution in [2.24, 2.45) is 0 Å². The summed E-state index contributed by atoms with van der Waals surface area (Å²) in [4.78, 5) is 12.5. The van der Waals surface area contributed by atoms with Gasteiger partial charge in [-0.15, -0.1) is 11.3 Å². The van der Waals surface area contributed by atoms with E-state index in [0.29, 0.717) is 11.9 Å². The van der Waals surface area contributed by atoms with Crippen LogP contribution in [0, 0.1) is 0 Å². The van der Waals surface area contributed by atoms with Crippen LogP contribution in [-0.4, -0.2) is 37.8 Å². The topological polar surface area (TPSA) is 97.4 Å². The molecule has 8 heteroatoms. The number of aromatic nitrogens is 5. The maximum absolute atomic E-state index is 6.30. The lowest BCUT2D eigenvalue weighted by molar-refractivity contribution is 0.343. The maximum Gasteiger partial charge on any atom is 0.133 e. The Kier molecular flexibility index (Phi) is 4.74. The Morgan fingerprint density at radius 2 is 1.94 bits per heavy atom. The van der Waals surface area contributed by atoms with Gasteiger partial charge in [-0.3, -0.25) is 4.68 Å². The first-order valence-corrected chi connectivity index (χ1v) is 11.6. The van der Waals surface area contributed by atoms with E-state index in [1.54, 1.807) is 11.3 Å². The number of nitrogens with two attached hydrogens (primary N) is 1. The average Bonchev–Trinajstić information content (AvgIpc) is 3.60. The number of fused-ring (bicyclic) bond motifs is 1. The molecule has 1 aliphatic heterocycles. The number of hydrogen-bond donors (Lipinski definition) is 3. The number of hydrogen-bond acceptors (Lipinski definition) is 6. The minimum atomic E-state index is 0.447. The van der Waals surface area contributed by atoms with Gasteiger partial charge < -0.3 is 16.0 Å². The number of H-pyrrole nitrogens is 1. The number of nitrogens with one attached hydrogen (secondary N) is 2. The molecule has 5 heterocycles. The van der Waals surface area contributed by atoms with Gasteiger partial charge in [0.25, 0.3) is 0 Å². The number of pyridine rings is 1. The zero-order valence-corrected chi connectivity index (χ0v) is 18.3. The zero-order chi connectivity index (χ0) is 21.5. The molecule has 4 N–H and O–H groups in total. The third kappa shape index (κ3) is 3.37. The fourth-order valence-electron chi connectivity index (χ4n) is 4.35. The summed E-state index contributed by atoms with van der Waals surface area (Å²) in [7, 11) is 0. The van der Waals surface area contributed by atoms with Crippen molar-refractivity contribution in [2.75, 3.05) is 18.8 Å². The molecule has 4 aromatic heterocycles. The predicted octanol–water partition coefficient (Wildman–Crippen LogP) is 4.72.